The Kier molecular flexibility index (Phi) is 6.70. The van der Waals surface area contributed by atoms with Crippen molar-refractivity contribution in [3.8, 4) is 0 Å². The van der Waals surface area contributed by atoms with Crippen LogP contribution in [-0.4, -0.2) is 49.6 Å². The molecule has 0 saturated carbocycles. The van der Waals surface area contributed by atoms with Crippen LogP contribution in [0.2, 0.25) is 5.02 Å². The molecule has 140 valence electrons. The SMILES string of the molecule is O=S(=O)(CCCc1ccccc1)N1CCN(Cc2cccc(Cl)c2)CC1. The zero-order valence-corrected chi connectivity index (χ0v) is 16.4. The first-order valence-electron chi connectivity index (χ1n) is 9.01. The highest BCUT2D eigenvalue weighted by molar-refractivity contribution is 7.89. The van der Waals surface area contributed by atoms with Crippen LogP contribution in [0.1, 0.15) is 17.5 Å². The number of hydrogen-bond acceptors (Lipinski definition) is 3. The summed E-state index contributed by atoms with van der Waals surface area (Å²) in [5, 5.41) is 0.738. The molecular weight excluding hydrogens is 368 g/mol. The average Bonchev–Trinajstić information content (AvgIpc) is 2.63. The molecule has 0 amide bonds. The van der Waals surface area contributed by atoms with E-state index < -0.39 is 10.0 Å². The maximum Gasteiger partial charge on any atom is 0.214 e. The Morgan fingerprint density at radius 1 is 0.885 bits per heavy atom. The first-order chi connectivity index (χ1) is 12.5. The molecule has 0 N–H and O–H groups in total. The van der Waals surface area contributed by atoms with Crippen LogP contribution in [0.3, 0.4) is 0 Å². The molecule has 1 heterocycles. The molecule has 0 aliphatic carbocycles. The van der Waals surface area contributed by atoms with Gasteiger partial charge in [-0.25, -0.2) is 8.42 Å². The van der Waals surface area contributed by atoms with Gasteiger partial charge in [-0.05, 0) is 36.1 Å². The van der Waals surface area contributed by atoms with Crippen molar-refractivity contribution in [3.63, 3.8) is 0 Å². The number of rotatable bonds is 7. The molecule has 0 radical (unpaired) electrons. The van der Waals surface area contributed by atoms with E-state index in [1.807, 2.05) is 48.5 Å². The highest BCUT2D eigenvalue weighted by Gasteiger charge is 2.26. The molecule has 0 atom stereocenters. The van der Waals surface area contributed by atoms with Crippen molar-refractivity contribution in [2.75, 3.05) is 31.9 Å². The van der Waals surface area contributed by atoms with Gasteiger partial charge in [0.1, 0.15) is 0 Å². The topological polar surface area (TPSA) is 40.6 Å². The summed E-state index contributed by atoms with van der Waals surface area (Å²) in [6.45, 7) is 3.44. The van der Waals surface area contributed by atoms with E-state index in [0.29, 0.717) is 19.5 Å². The minimum absolute atomic E-state index is 0.218. The van der Waals surface area contributed by atoms with Gasteiger partial charge in [0.15, 0.2) is 0 Å². The number of halogens is 1. The molecule has 0 unspecified atom stereocenters. The largest absolute Gasteiger partial charge is 0.296 e. The minimum Gasteiger partial charge on any atom is -0.296 e. The molecule has 1 saturated heterocycles. The highest BCUT2D eigenvalue weighted by Crippen LogP contribution is 2.16. The smallest absolute Gasteiger partial charge is 0.214 e. The lowest BCUT2D eigenvalue weighted by atomic mass is 10.1. The van der Waals surface area contributed by atoms with E-state index in [9.17, 15) is 8.42 Å². The van der Waals surface area contributed by atoms with Crippen molar-refractivity contribution in [2.24, 2.45) is 0 Å². The second kappa shape index (κ2) is 9.00. The second-order valence-corrected chi connectivity index (χ2v) is 9.24. The van der Waals surface area contributed by atoms with Crippen LogP contribution in [0.5, 0.6) is 0 Å². The van der Waals surface area contributed by atoms with Gasteiger partial charge in [-0.3, -0.25) is 4.90 Å². The molecule has 0 aromatic heterocycles. The highest BCUT2D eigenvalue weighted by atomic mass is 35.5. The zero-order valence-electron chi connectivity index (χ0n) is 14.9. The van der Waals surface area contributed by atoms with Crippen LogP contribution < -0.4 is 0 Å². The quantitative estimate of drug-likeness (QED) is 0.724. The van der Waals surface area contributed by atoms with E-state index in [0.717, 1.165) is 36.6 Å². The van der Waals surface area contributed by atoms with E-state index in [2.05, 4.69) is 11.0 Å². The fourth-order valence-electron chi connectivity index (χ4n) is 3.29. The summed E-state index contributed by atoms with van der Waals surface area (Å²) in [7, 11) is -3.17. The Bertz CT molecular complexity index is 804. The van der Waals surface area contributed by atoms with Gasteiger partial charge < -0.3 is 0 Å². The summed E-state index contributed by atoms with van der Waals surface area (Å²) in [5.41, 5.74) is 2.35. The van der Waals surface area contributed by atoms with Crippen LogP contribution >= 0.6 is 11.6 Å². The number of aryl methyl sites for hydroxylation is 1. The van der Waals surface area contributed by atoms with Gasteiger partial charge in [0.05, 0.1) is 5.75 Å². The predicted octanol–water partition coefficient (Wildman–Crippen LogP) is 3.42. The fourth-order valence-corrected chi connectivity index (χ4v) is 4.99. The van der Waals surface area contributed by atoms with Crippen LogP contribution in [0, 0.1) is 0 Å². The molecular formula is C20H25ClN2O2S. The van der Waals surface area contributed by atoms with Gasteiger partial charge in [-0.15, -0.1) is 0 Å². The molecule has 1 aliphatic rings. The van der Waals surface area contributed by atoms with Crippen molar-refractivity contribution in [1.82, 2.24) is 9.21 Å². The van der Waals surface area contributed by atoms with Crippen molar-refractivity contribution in [3.05, 3.63) is 70.7 Å². The average molecular weight is 393 g/mol. The third-order valence-corrected chi connectivity index (χ3v) is 6.92. The normalized spacial score (nSPS) is 16.7. The number of sulfonamides is 1. The Hall–Kier alpha value is -1.40. The summed E-state index contributed by atoms with van der Waals surface area (Å²) < 4.78 is 26.8. The third-order valence-electron chi connectivity index (χ3n) is 4.73. The first kappa shape index (κ1) is 19.4. The van der Waals surface area contributed by atoms with Crippen LogP contribution in [-0.2, 0) is 23.0 Å². The van der Waals surface area contributed by atoms with Crippen LogP contribution in [0.25, 0.3) is 0 Å². The van der Waals surface area contributed by atoms with Gasteiger partial charge in [-0.2, -0.15) is 4.31 Å². The van der Waals surface area contributed by atoms with Gasteiger partial charge in [0.2, 0.25) is 10.0 Å². The van der Waals surface area contributed by atoms with Gasteiger partial charge in [0, 0.05) is 37.7 Å². The lowest BCUT2D eigenvalue weighted by molar-refractivity contribution is 0.181. The summed E-state index contributed by atoms with van der Waals surface area (Å²) in [6.07, 6.45) is 1.46. The van der Waals surface area contributed by atoms with E-state index in [1.165, 1.54) is 5.56 Å². The zero-order chi connectivity index (χ0) is 18.4. The Morgan fingerprint density at radius 2 is 1.58 bits per heavy atom. The summed E-state index contributed by atoms with van der Waals surface area (Å²) >= 11 is 6.03. The van der Waals surface area contributed by atoms with Gasteiger partial charge in [0.25, 0.3) is 0 Å². The van der Waals surface area contributed by atoms with Crippen molar-refractivity contribution in [1.29, 1.82) is 0 Å². The Balaban J connectivity index is 1.45. The number of benzene rings is 2. The number of piperazine rings is 1. The molecule has 3 rings (SSSR count). The van der Waals surface area contributed by atoms with E-state index >= 15 is 0 Å². The fraction of sp³-hybridized carbons (Fsp3) is 0.400. The standard InChI is InChI=1S/C20H25ClN2O2S/c21-20-10-4-8-19(16-20)17-22-11-13-23(14-12-22)26(24,25)15-5-9-18-6-2-1-3-7-18/h1-4,6-8,10,16H,5,9,11-15,17H2. The molecule has 26 heavy (non-hydrogen) atoms. The van der Waals surface area contributed by atoms with E-state index in [1.54, 1.807) is 4.31 Å². The van der Waals surface area contributed by atoms with Crippen molar-refractivity contribution >= 4 is 21.6 Å². The molecule has 1 aliphatic heterocycles. The number of nitrogens with zero attached hydrogens (tertiary/aromatic N) is 2. The van der Waals surface area contributed by atoms with Crippen LogP contribution in [0.15, 0.2) is 54.6 Å². The molecule has 0 spiro atoms. The monoisotopic (exact) mass is 392 g/mol. The van der Waals surface area contributed by atoms with E-state index in [4.69, 9.17) is 11.6 Å². The lowest BCUT2D eigenvalue weighted by Gasteiger charge is -2.34. The summed E-state index contributed by atoms with van der Waals surface area (Å²) in [5.74, 6) is 0.218. The lowest BCUT2D eigenvalue weighted by Crippen LogP contribution is -2.48. The maximum absolute atomic E-state index is 12.6. The van der Waals surface area contributed by atoms with Crippen molar-refractivity contribution < 1.29 is 8.42 Å². The minimum atomic E-state index is -3.17. The van der Waals surface area contributed by atoms with Gasteiger partial charge in [-0.1, -0.05) is 54.1 Å². The molecule has 4 nitrogen and oxygen atoms in total. The second-order valence-electron chi connectivity index (χ2n) is 6.71. The van der Waals surface area contributed by atoms with E-state index in [-0.39, 0.29) is 5.75 Å². The van der Waals surface area contributed by atoms with Crippen LogP contribution in [0.4, 0.5) is 0 Å². The maximum atomic E-state index is 12.6. The number of hydrogen-bond donors (Lipinski definition) is 0. The Morgan fingerprint density at radius 3 is 2.27 bits per heavy atom. The molecule has 6 heteroatoms. The summed E-state index contributed by atoms with van der Waals surface area (Å²) in [4.78, 5) is 2.28. The summed E-state index contributed by atoms with van der Waals surface area (Å²) in [6, 6.07) is 17.9. The molecule has 2 aromatic rings. The Labute approximate surface area is 161 Å². The predicted molar refractivity (Wildman–Crippen MR) is 107 cm³/mol. The first-order valence-corrected chi connectivity index (χ1v) is 11.0. The van der Waals surface area contributed by atoms with Crippen molar-refractivity contribution in [2.45, 2.75) is 19.4 Å². The molecule has 0 bridgehead atoms. The van der Waals surface area contributed by atoms with Gasteiger partial charge >= 0.3 is 0 Å². The molecule has 1 fully saturated rings. The molecule has 2 aromatic carbocycles. The third kappa shape index (κ3) is 5.55.